The van der Waals surface area contributed by atoms with Crippen LogP contribution in [0.25, 0.3) is 0 Å². The molecule has 0 amide bonds. The fraction of sp³-hybridized carbons (Fsp3) is 0.370. The van der Waals surface area contributed by atoms with Crippen molar-refractivity contribution in [3.8, 4) is 6.07 Å². The Hall–Kier alpha value is -3.63. The van der Waals surface area contributed by atoms with Gasteiger partial charge in [0, 0.05) is 43.1 Å². The molecule has 1 aliphatic heterocycles. The number of esters is 1. The Balaban J connectivity index is 1.68. The van der Waals surface area contributed by atoms with E-state index in [1.165, 1.54) is 0 Å². The van der Waals surface area contributed by atoms with E-state index in [0.717, 1.165) is 42.1 Å². The van der Waals surface area contributed by atoms with E-state index in [-0.39, 0.29) is 11.9 Å². The monoisotopic (exact) mass is 457 g/mol. The van der Waals surface area contributed by atoms with Crippen LogP contribution in [0.2, 0.25) is 0 Å². The minimum atomic E-state index is -0.859. The molecular formula is C27H31N5O2. The Bertz CT molecular complexity index is 1140. The van der Waals surface area contributed by atoms with Crippen molar-refractivity contribution < 1.29 is 9.53 Å². The maximum Gasteiger partial charge on any atom is 0.332 e. The Kier molecular flexibility index (Phi) is 7.29. The third-order valence-corrected chi connectivity index (χ3v) is 6.54. The summed E-state index contributed by atoms with van der Waals surface area (Å²) in [6.07, 6.45) is 4.83. The third kappa shape index (κ3) is 5.29. The van der Waals surface area contributed by atoms with E-state index in [4.69, 9.17) is 4.74 Å². The zero-order chi connectivity index (χ0) is 24.0. The van der Waals surface area contributed by atoms with E-state index < -0.39 is 5.54 Å². The summed E-state index contributed by atoms with van der Waals surface area (Å²) in [6.45, 7) is 6.44. The van der Waals surface area contributed by atoms with Crippen molar-refractivity contribution in [2.75, 3.05) is 25.0 Å². The van der Waals surface area contributed by atoms with Crippen LogP contribution in [0.5, 0.6) is 0 Å². The molecule has 0 saturated carbocycles. The van der Waals surface area contributed by atoms with Gasteiger partial charge in [-0.2, -0.15) is 5.26 Å². The fourth-order valence-electron chi connectivity index (χ4n) is 4.82. The fourth-order valence-corrected chi connectivity index (χ4v) is 4.82. The van der Waals surface area contributed by atoms with Crippen molar-refractivity contribution >= 4 is 11.7 Å². The summed E-state index contributed by atoms with van der Waals surface area (Å²) >= 11 is 0. The van der Waals surface area contributed by atoms with Crippen LogP contribution in [-0.2, 0) is 22.5 Å². The number of aromatic amines is 1. The third-order valence-electron chi connectivity index (χ3n) is 6.54. The summed E-state index contributed by atoms with van der Waals surface area (Å²) in [4.78, 5) is 23.3. The molecule has 4 rings (SSSR count). The maximum atomic E-state index is 13.6. The van der Waals surface area contributed by atoms with Gasteiger partial charge < -0.3 is 15.0 Å². The molecular weight excluding hydrogens is 426 g/mol. The molecule has 2 N–H and O–H groups in total. The van der Waals surface area contributed by atoms with E-state index in [0.29, 0.717) is 25.0 Å². The van der Waals surface area contributed by atoms with Crippen LogP contribution in [0.1, 0.15) is 35.7 Å². The van der Waals surface area contributed by atoms with Gasteiger partial charge in [-0.05, 0) is 62.1 Å². The first-order chi connectivity index (χ1) is 16.5. The molecule has 7 nitrogen and oxygen atoms in total. The lowest BCUT2D eigenvalue weighted by molar-refractivity contribution is -0.153. The molecule has 3 aromatic rings. The predicted octanol–water partition coefficient (Wildman–Crippen LogP) is 4.07. The Morgan fingerprint density at radius 3 is 2.82 bits per heavy atom. The molecule has 0 radical (unpaired) electrons. The van der Waals surface area contributed by atoms with Crippen molar-refractivity contribution in [2.24, 2.45) is 5.92 Å². The normalized spacial score (nSPS) is 20.4. The lowest BCUT2D eigenvalue weighted by atomic mass is 9.74. The lowest BCUT2D eigenvalue weighted by Crippen LogP contribution is -2.61. The molecule has 1 aromatic heterocycles. The van der Waals surface area contributed by atoms with Crippen molar-refractivity contribution in [2.45, 2.75) is 38.8 Å². The van der Waals surface area contributed by atoms with Crippen molar-refractivity contribution in [3.63, 3.8) is 0 Å². The molecule has 34 heavy (non-hydrogen) atoms. The van der Waals surface area contributed by atoms with Gasteiger partial charge in [0.15, 0.2) is 0 Å². The number of likely N-dealkylation sites (tertiary alicyclic amines) is 1. The number of nitrogens with zero attached hydrogens (tertiary/aromatic N) is 3. The first-order valence-corrected chi connectivity index (χ1v) is 11.7. The van der Waals surface area contributed by atoms with Crippen LogP contribution in [0, 0.1) is 24.2 Å². The number of ether oxygens (including phenoxy) is 1. The number of rotatable bonds is 8. The van der Waals surface area contributed by atoms with E-state index in [2.05, 4.69) is 32.3 Å². The van der Waals surface area contributed by atoms with Gasteiger partial charge in [0.2, 0.25) is 0 Å². The van der Waals surface area contributed by atoms with E-state index >= 15 is 0 Å². The number of nitriles is 1. The predicted molar refractivity (Wildman–Crippen MR) is 131 cm³/mol. The number of anilines is 1. The maximum absolute atomic E-state index is 13.6. The SMILES string of the molecule is CCOC(=O)C1(Nc2cccc(C)c2)CCN(Cc2cnc[nH]2)CC1Cc1ccc(C#N)cc1. The number of carbonyl (C=O) groups is 1. The first kappa shape index (κ1) is 23.5. The van der Waals surface area contributed by atoms with Gasteiger partial charge in [-0.25, -0.2) is 9.78 Å². The molecule has 1 fully saturated rings. The summed E-state index contributed by atoms with van der Waals surface area (Å²) in [5, 5.41) is 12.8. The summed E-state index contributed by atoms with van der Waals surface area (Å²) in [7, 11) is 0. The lowest BCUT2D eigenvalue weighted by Gasteiger charge is -2.47. The van der Waals surface area contributed by atoms with Gasteiger partial charge in [0.1, 0.15) is 5.54 Å². The second-order valence-corrected chi connectivity index (χ2v) is 8.96. The quantitative estimate of drug-likeness (QED) is 0.495. The number of piperidine rings is 1. The van der Waals surface area contributed by atoms with Gasteiger partial charge in [-0.1, -0.05) is 24.3 Å². The molecule has 2 unspecified atom stereocenters. The Morgan fingerprint density at radius 2 is 2.15 bits per heavy atom. The zero-order valence-electron chi connectivity index (χ0n) is 19.8. The molecule has 0 bridgehead atoms. The van der Waals surface area contributed by atoms with Gasteiger partial charge in [-0.3, -0.25) is 4.90 Å². The largest absolute Gasteiger partial charge is 0.464 e. The average Bonchev–Trinajstić information content (AvgIpc) is 3.34. The number of benzene rings is 2. The number of nitrogens with one attached hydrogen (secondary N) is 2. The summed E-state index contributed by atoms with van der Waals surface area (Å²) < 4.78 is 5.65. The zero-order valence-corrected chi connectivity index (χ0v) is 19.8. The van der Waals surface area contributed by atoms with Crippen LogP contribution in [0.4, 0.5) is 5.69 Å². The molecule has 7 heteroatoms. The van der Waals surface area contributed by atoms with Gasteiger partial charge >= 0.3 is 5.97 Å². The van der Waals surface area contributed by atoms with Crippen molar-refractivity contribution in [3.05, 3.63) is 83.4 Å². The number of imidazole rings is 1. The minimum Gasteiger partial charge on any atom is -0.464 e. The van der Waals surface area contributed by atoms with Crippen LogP contribution < -0.4 is 5.32 Å². The van der Waals surface area contributed by atoms with E-state index in [1.54, 1.807) is 6.33 Å². The summed E-state index contributed by atoms with van der Waals surface area (Å²) in [6, 6.07) is 17.9. The first-order valence-electron chi connectivity index (χ1n) is 11.7. The second kappa shape index (κ2) is 10.5. The molecule has 176 valence electrons. The van der Waals surface area contributed by atoms with Crippen LogP contribution in [0.3, 0.4) is 0 Å². The number of hydrogen-bond donors (Lipinski definition) is 2. The Morgan fingerprint density at radius 1 is 1.32 bits per heavy atom. The molecule has 2 heterocycles. The van der Waals surface area contributed by atoms with Crippen molar-refractivity contribution in [1.29, 1.82) is 5.26 Å². The smallest absolute Gasteiger partial charge is 0.332 e. The number of aryl methyl sites for hydroxylation is 1. The molecule has 2 aromatic carbocycles. The number of aromatic nitrogens is 2. The molecule has 1 saturated heterocycles. The molecule has 0 spiro atoms. The summed E-state index contributed by atoms with van der Waals surface area (Å²) in [5.41, 5.74) is 3.95. The second-order valence-electron chi connectivity index (χ2n) is 8.96. The van der Waals surface area contributed by atoms with E-state index in [9.17, 15) is 10.1 Å². The van der Waals surface area contributed by atoms with E-state index in [1.807, 2.05) is 62.5 Å². The van der Waals surface area contributed by atoms with Gasteiger partial charge in [0.05, 0.1) is 24.6 Å². The highest BCUT2D eigenvalue weighted by atomic mass is 16.5. The molecule has 0 aliphatic carbocycles. The topological polar surface area (TPSA) is 94.0 Å². The van der Waals surface area contributed by atoms with Gasteiger partial charge in [-0.15, -0.1) is 0 Å². The number of hydrogen-bond acceptors (Lipinski definition) is 6. The van der Waals surface area contributed by atoms with Crippen LogP contribution in [-0.4, -0.2) is 46.1 Å². The number of carbonyl (C=O) groups excluding carboxylic acids is 1. The van der Waals surface area contributed by atoms with Crippen molar-refractivity contribution in [1.82, 2.24) is 14.9 Å². The highest BCUT2D eigenvalue weighted by Crippen LogP contribution is 2.36. The van der Waals surface area contributed by atoms with Crippen LogP contribution >= 0.6 is 0 Å². The highest BCUT2D eigenvalue weighted by molar-refractivity contribution is 5.85. The number of H-pyrrole nitrogens is 1. The summed E-state index contributed by atoms with van der Waals surface area (Å²) in [5.74, 6) is -0.256. The standard InChI is InChI=1S/C27H31N5O2/c1-3-34-26(33)27(31-24-6-4-5-20(2)13-24)11-12-32(18-25-16-29-19-30-25)17-23(27)14-21-7-9-22(15-28)10-8-21/h4-10,13,16,19,23,31H,3,11-12,14,17-18H2,1-2H3,(H,29,30). The molecule has 2 atom stereocenters. The Labute approximate surface area is 200 Å². The molecule has 1 aliphatic rings. The van der Waals surface area contributed by atoms with Crippen LogP contribution in [0.15, 0.2) is 61.1 Å². The van der Waals surface area contributed by atoms with Gasteiger partial charge in [0.25, 0.3) is 0 Å². The minimum absolute atomic E-state index is 0.0448. The average molecular weight is 458 g/mol. The highest BCUT2D eigenvalue weighted by Gasteiger charge is 2.50.